The van der Waals surface area contributed by atoms with E-state index in [1.165, 1.54) is 23.9 Å². The molecular weight excluding hydrogens is 273 g/mol. The minimum Gasteiger partial charge on any atom is -0.340 e. The number of nitrogens with one attached hydrogen (secondary N) is 1. The van der Waals surface area contributed by atoms with E-state index in [1.54, 1.807) is 12.1 Å². The molecule has 3 nitrogen and oxygen atoms in total. The van der Waals surface area contributed by atoms with Gasteiger partial charge >= 0.3 is 0 Å². The van der Waals surface area contributed by atoms with Crippen LogP contribution in [-0.4, -0.2) is 16.2 Å². The number of hydrogen-bond donors (Lipinski definition) is 1. The molecule has 18 heavy (non-hydrogen) atoms. The minimum atomic E-state index is -0.261. The third kappa shape index (κ3) is 3.11. The van der Waals surface area contributed by atoms with Gasteiger partial charge in [-0.1, -0.05) is 23.4 Å². The van der Waals surface area contributed by atoms with Crippen molar-refractivity contribution in [2.45, 2.75) is 12.1 Å². The Morgan fingerprint density at radius 1 is 1.28 bits per heavy atom. The van der Waals surface area contributed by atoms with Gasteiger partial charge in [0.1, 0.15) is 16.8 Å². The maximum atomic E-state index is 13.0. The van der Waals surface area contributed by atoms with Gasteiger partial charge in [-0.05, 0) is 36.9 Å². The SMILES string of the molecule is CSc1nc(Cl)cc(Nc2ccc(F)cc2C)n1. The summed E-state index contributed by atoms with van der Waals surface area (Å²) in [5.41, 5.74) is 1.59. The standard InChI is InChI=1S/C12H11ClFN3S/c1-7-5-8(14)3-4-9(7)15-11-6-10(13)16-12(17-11)18-2/h3-6H,1-2H3,(H,15,16,17). The molecular formula is C12H11ClFN3S. The lowest BCUT2D eigenvalue weighted by molar-refractivity contribution is 0.627. The molecule has 94 valence electrons. The smallest absolute Gasteiger partial charge is 0.190 e. The van der Waals surface area contributed by atoms with Crippen LogP contribution in [0.5, 0.6) is 0 Å². The number of anilines is 2. The van der Waals surface area contributed by atoms with E-state index < -0.39 is 0 Å². The quantitative estimate of drug-likeness (QED) is 0.524. The molecule has 0 aliphatic carbocycles. The maximum Gasteiger partial charge on any atom is 0.190 e. The van der Waals surface area contributed by atoms with Crippen LogP contribution in [-0.2, 0) is 0 Å². The number of benzene rings is 1. The summed E-state index contributed by atoms with van der Waals surface area (Å²) < 4.78 is 13.0. The van der Waals surface area contributed by atoms with E-state index in [4.69, 9.17) is 11.6 Å². The zero-order valence-electron chi connectivity index (χ0n) is 9.87. The number of thioether (sulfide) groups is 1. The Bertz CT molecular complexity index is 577. The topological polar surface area (TPSA) is 37.8 Å². The number of aryl methyl sites for hydroxylation is 1. The molecule has 0 aliphatic rings. The van der Waals surface area contributed by atoms with Gasteiger partial charge < -0.3 is 5.32 Å². The van der Waals surface area contributed by atoms with Crippen LogP contribution in [0.25, 0.3) is 0 Å². The van der Waals surface area contributed by atoms with Gasteiger partial charge in [0.2, 0.25) is 0 Å². The van der Waals surface area contributed by atoms with Gasteiger partial charge in [-0.25, -0.2) is 14.4 Å². The Balaban J connectivity index is 2.30. The van der Waals surface area contributed by atoms with Gasteiger partial charge in [0.05, 0.1) is 0 Å². The van der Waals surface area contributed by atoms with E-state index in [9.17, 15) is 4.39 Å². The second-order valence-corrected chi connectivity index (χ2v) is 4.81. The molecule has 0 amide bonds. The Kier molecular flexibility index (Phi) is 4.04. The number of hydrogen-bond acceptors (Lipinski definition) is 4. The third-order valence-electron chi connectivity index (χ3n) is 2.31. The van der Waals surface area contributed by atoms with Gasteiger partial charge in [0.25, 0.3) is 0 Å². The molecule has 0 radical (unpaired) electrons. The number of halogens is 2. The van der Waals surface area contributed by atoms with Crippen molar-refractivity contribution < 1.29 is 4.39 Å². The van der Waals surface area contributed by atoms with E-state index >= 15 is 0 Å². The highest BCUT2D eigenvalue weighted by Crippen LogP contribution is 2.23. The third-order valence-corrected chi connectivity index (χ3v) is 3.05. The Hall–Kier alpha value is -1.33. The van der Waals surface area contributed by atoms with Crippen LogP contribution in [0.3, 0.4) is 0 Å². The highest BCUT2D eigenvalue weighted by atomic mass is 35.5. The molecule has 1 heterocycles. The van der Waals surface area contributed by atoms with Gasteiger partial charge in [-0.2, -0.15) is 0 Å². The molecule has 1 aromatic carbocycles. The van der Waals surface area contributed by atoms with Crippen LogP contribution in [0.1, 0.15) is 5.56 Å². The van der Waals surface area contributed by atoms with Crippen LogP contribution < -0.4 is 5.32 Å². The molecule has 1 N–H and O–H groups in total. The summed E-state index contributed by atoms with van der Waals surface area (Å²) in [5.74, 6) is 0.331. The van der Waals surface area contributed by atoms with Gasteiger partial charge in [-0.15, -0.1) is 0 Å². The minimum absolute atomic E-state index is 0.261. The van der Waals surface area contributed by atoms with Gasteiger partial charge in [0, 0.05) is 11.8 Å². The first-order chi connectivity index (χ1) is 8.58. The van der Waals surface area contributed by atoms with Crippen molar-refractivity contribution in [1.82, 2.24) is 9.97 Å². The van der Waals surface area contributed by atoms with E-state index in [2.05, 4.69) is 15.3 Å². The van der Waals surface area contributed by atoms with Gasteiger partial charge in [0.15, 0.2) is 5.16 Å². The Morgan fingerprint density at radius 3 is 2.72 bits per heavy atom. The molecule has 0 saturated heterocycles. The molecule has 0 aliphatic heterocycles. The number of rotatable bonds is 3. The molecule has 0 fully saturated rings. The molecule has 0 saturated carbocycles. The molecule has 2 rings (SSSR count). The van der Waals surface area contributed by atoms with Crippen LogP contribution in [0.4, 0.5) is 15.9 Å². The summed E-state index contributed by atoms with van der Waals surface area (Å²) in [6.07, 6.45) is 1.87. The fraction of sp³-hybridized carbons (Fsp3) is 0.167. The second-order valence-electron chi connectivity index (χ2n) is 3.65. The van der Waals surface area contributed by atoms with E-state index in [0.29, 0.717) is 16.1 Å². The Morgan fingerprint density at radius 2 is 2.06 bits per heavy atom. The summed E-state index contributed by atoms with van der Waals surface area (Å²) in [7, 11) is 0. The van der Waals surface area contributed by atoms with Crippen molar-refractivity contribution in [3.05, 3.63) is 40.8 Å². The summed E-state index contributed by atoms with van der Waals surface area (Å²) in [4.78, 5) is 8.32. The molecule has 0 atom stereocenters. The van der Waals surface area contributed by atoms with E-state index in [0.717, 1.165) is 11.3 Å². The molecule has 6 heteroatoms. The lowest BCUT2D eigenvalue weighted by Gasteiger charge is -2.09. The molecule has 2 aromatic rings. The van der Waals surface area contributed by atoms with E-state index in [-0.39, 0.29) is 5.82 Å². The highest BCUT2D eigenvalue weighted by Gasteiger charge is 2.05. The van der Waals surface area contributed by atoms with Crippen LogP contribution in [0.15, 0.2) is 29.4 Å². The first-order valence-corrected chi connectivity index (χ1v) is 6.80. The van der Waals surface area contributed by atoms with Crippen LogP contribution in [0.2, 0.25) is 5.15 Å². The normalized spacial score (nSPS) is 10.4. The fourth-order valence-electron chi connectivity index (χ4n) is 1.46. The van der Waals surface area contributed by atoms with Crippen molar-refractivity contribution in [1.29, 1.82) is 0 Å². The van der Waals surface area contributed by atoms with Crippen LogP contribution in [0, 0.1) is 12.7 Å². The first kappa shape index (κ1) is 13.1. The number of nitrogens with zero attached hydrogens (tertiary/aromatic N) is 2. The number of aromatic nitrogens is 2. The predicted octanol–water partition coefficient (Wildman–Crippen LogP) is 4.04. The van der Waals surface area contributed by atoms with Gasteiger partial charge in [-0.3, -0.25) is 0 Å². The van der Waals surface area contributed by atoms with Crippen molar-refractivity contribution in [2.24, 2.45) is 0 Å². The summed E-state index contributed by atoms with van der Waals surface area (Å²) >= 11 is 7.30. The molecule has 1 aromatic heterocycles. The highest BCUT2D eigenvalue weighted by molar-refractivity contribution is 7.98. The largest absolute Gasteiger partial charge is 0.340 e. The average molecular weight is 284 g/mol. The summed E-state index contributed by atoms with van der Waals surface area (Å²) in [6.45, 7) is 1.82. The van der Waals surface area contributed by atoms with Crippen molar-refractivity contribution in [3.8, 4) is 0 Å². The summed E-state index contributed by atoms with van der Waals surface area (Å²) in [5, 5.41) is 4.06. The maximum absolute atomic E-state index is 13.0. The van der Waals surface area contributed by atoms with Crippen molar-refractivity contribution in [2.75, 3.05) is 11.6 Å². The average Bonchev–Trinajstić information content (AvgIpc) is 2.32. The van der Waals surface area contributed by atoms with E-state index in [1.807, 2.05) is 13.2 Å². The van der Waals surface area contributed by atoms with Crippen molar-refractivity contribution >= 4 is 34.9 Å². The summed E-state index contributed by atoms with van der Waals surface area (Å²) in [6, 6.07) is 6.15. The van der Waals surface area contributed by atoms with Crippen LogP contribution >= 0.6 is 23.4 Å². The zero-order chi connectivity index (χ0) is 13.1. The monoisotopic (exact) mass is 283 g/mol. The molecule has 0 unspecified atom stereocenters. The first-order valence-electron chi connectivity index (χ1n) is 5.20. The zero-order valence-corrected chi connectivity index (χ0v) is 11.4. The predicted molar refractivity (Wildman–Crippen MR) is 73.2 cm³/mol. The molecule has 0 bridgehead atoms. The fourth-order valence-corrected chi connectivity index (χ4v) is 2.07. The second kappa shape index (κ2) is 5.54. The lowest BCUT2D eigenvalue weighted by Crippen LogP contribution is -1.98. The Labute approximate surface area is 114 Å². The lowest BCUT2D eigenvalue weighted by atomic mass is 10.2. The van der Waals surface area contributed by atoms with Crippen molar-refractivity contribution in [3.63, 3.8) is 0 Å². The molecule has 0 spiro atoms.